The molecule has 240 valence electrons. The third-order valence-corrected chi connectivity index (χ3v) is 9.32. The predicted octanol–water partition coefficient (Wildman–Crippen LogP) is 10.8. The molecule has 0 saturated carbocycles. The van der Waals surface area contributed by atoms with Crippen LogP contribution in [0.3, 0.4) is 0 Å². The number of aryl methyl sites for hydroxylation is 1. The van der Waals surface area contributed by atoms with E-state index < -0.39 is 35.4 Å². The van der Waals surface area contributed by atoms with E-state index in [-0.39, 0.29) is 29.3 Å². The number of rotatable bonds is 7. The average Bonchev–Trinajstić information content (AvgIpc) is 3.19. The molecule has 0 bridgehead atoms. The van der Waals surface area contributed by atoms with Crippen LogP contribution in [0.5, 0.6) is 0 Å². The first kappa shape index (κ1) is 33.7. The molecule has 1 aliphatic heterocycles. The first-order valence-corrected chi connectivity index (χ1v) is 14.9. The Hall–Kier alpha value is -3.23. The van der Waals surface area contributed by atoms with Gasteiger partial charge in [0, 0.05) is 36.9 Å². The van der Waals surface area contributed by atoms with Gasteiger partial charge in [0.1, 0.15) is 5.82 Å². The maximum absolute atomic E-state index is 15.2. The van der Waals surface area contributed by atoms with E-state index in [0.717, 1.165) is 53.7 Å². The van der Waals surface area contributed by atoms with Crippen molar-refractivity contribution in [3.63, 3.8) is 0 Å². The Morgan fingerprint density at radius 2 is 1.61 bits per heavy atom. The van der Waals surface area contributed by atoms with Gasteiger partial charge in [-0.3, -0.25) is 0 Å². The molecule has 1 fully saturated rings. The quantitative estimate of drug-likeness (QED) is 0.284. The van der Waals surface area contributed by atoms with E-state index in [1.165, 1.54) is 0 Å². The number of alkyl halides is 6. The fourth-order valence-corrected chi connectivity index (χ4v) is 6.63. The normalized spacial score (nSPS) is 20.8. The summed E-state index contributed by atoms with van der Waals surface area (Å²) < 4.78 is 97.0. The average molecular weight is 623 g/mol. The molecule has 1 aliphatic carbocycles. The summed E-state index contributed by atoms with van der Waals surface area (Å²) in [6, 6.07) is 4.91. The summed E-state index contributed by atoms with van der Waals surface area (Å²) >= 11 is 0. The molecule has 0 N–H and O–H groups in total. The molecule has 2 aromatic rings. The fraction of sp³-hybridized carbons (Fsp3) is 0.486. The van der Waals surface area contributed by atoms with Crippen molar-refractivity contribution in [3.8, 4) is 0 Å². The van der Waals surface area contributed by atoms with Crippen molar-refractivity contribution >= 4 is 11.3 Å². The molecule has 2 nitrogen and oxygen atoms in total. The van der Waals surface area contributed by atoms with E-state index in [0.29, 0.717) is 30.0 Å². The lowest BCUT2D eigenvalue weighted by Gasteiger charge is -2.38. The van der Waals surface area contributed by atoms with Crippen LogP contribution >= 0.6 is 0 Å². The van der Waals surface area contributed by atoms with Crippen molar-refractivity contribution in [1.29, 1.82) is 0 Å². The standard InChI is InChI=1S/C35H41F7N2/c1-9-23-15-31(36)32(43(8)20(2)3)17-30(23)28-10-11-33(6,7)18-25(28)19-44-21(4)12-29(22(44)5)24-13-26(34(37,38)39)16-27(14-24)35(40,41)42/h13-17,22,29H,2,4,9-12,18-19H2,1,3,5-8H3. The number of anilines is 1. The summed E-state index contributed by atoms with van der Waals surface area (Å²) in [6.45, 7) is 18.6. The molecule has 9 heteroatoms. The largest absolute Gasteiger partial charge is 0.416 e. The van der Waals surface area contributed by atoms with E-state index in [1.807, 2.05) is 24.8 Å². The Morgan fingerprint density at radius 1 is 1.02 bits per heavy atom. The molecule has 4 rings (SSSR count). The summed E-state index contributed by atoms with van der Waals surface area (Å²) in [6.07, 6.45) is -6.53. The molecule has 0 radical (unpaired) electrons. The van der Waals surface area contributed by atoms with Gasteiger partial charge in [-0.05, 0) is 110 Å². The lowest BCUT2D eigenvalue weighted by molar-refractivity contribution is -0.143. The maximum Gasteiger partial charge on any atom is 0.416 e. The topological polar surface area (TPSA) is 6.48 Å². The highest BCUT2D eigenvalue weighted by Gasteiger charge is 2.41. The van der Waals surface area contributed by atoms with Crippen LogP contribution in [0.1, 0.15) is 94.0 Å². The van der Waals surface area contributed by atoms with Crippen LogP contribution in [0.15, 0.2) is 60.5 Å². The van der Waals surface area contributed by atoms with Crippen molar-refractivity contribution in [2.45, 2.75) is 91.0 Å². The van der Waals surface area contributed by atoms with Crippen molar-refractivity contribution < 1.29 is 30.7 Å². The maximum atomic E-state index is 15.2. The van der Waals surface area contributed by atoms with Gasteiger partial charge in [-0.25, -0.2) is 4.39 Å². The zero-order valence-corrected chi connectivity index (χ0v) is 26.2. The molecule has 2 aliphatic rings. The van der Waals surface area contributed by atoms with Gasteiger partial charge in [0.2, 0.25) is 0 Å². The molecule has 2 aromatic carbocycles. The predicted molar refractivity (Wildman–Crippen MR) is 163 cm³/mol. The lowest BCUT2D eigenvalue weighted by atomic mass is 9.72. The molecule has 1 saturated heterocycles. The Labute approximate surface area is 255 Å². The number of nitrogens with zero attached hydrogens (tertiary/aromatic N) is 2. The van der Waals surface area contributed by atoms with Crippen LogP contribution in [0, 0.1) is 11.2 Å². The van der Waals surface area contributed by atoms with Crippen LogP contribution in [0.4, 0.5) is 36.4 Å². The second-order valence-corrected chi connectivity index (χ2v) is 13.1. The van der Waals surface area contributed by atoms with Gasteiger partial charge >= 0.3 is 12.4 Å². The molecule has 0 amide bonds. The minimum atomic E-state index is -4.91. The number of hydrogen-bond acceptors (Lipinski definition) is 2. The van der Waals surface area contributed by atoms with Crippen LogP contribution in [0.2, 0.25) is 0 Å². The highest BCUT2D eigenvalue weighted by Crippen LogP contribution is 2.48. The zero-order valence-electron chi connectivity index (χ0n) is 26.2. The number of likely N-dealkylation sites (tertiary alicyclic amines) is 1. The van der Waals surface area contributed by atoms with E-state index in [9.17, 15) is 26.3 Å². The van der Waals surface area contributed by atoms with Crippen LogP contribution < -0.4 is 4.90 Å². The smallest absolute Gasteiger partial charge is 0.368 e. The number of halogens is 7. The second kappa shape index (κ2) is 11.9. The van der Waals surface area contributed by atoms with Crippen molar-refractivity contribution in [1.82, 2.24) is 4.90 Å². The van der Waals surface area contributed by atoms with Gasteiger partial charge in [-0.1, -0.05) is 33.9 Å². The van der Waals surface area contributed by atoms with Gasteiger partial charge in [0.05, 0.1) is 16.8 Å². The first-order chi connectivity index (χ1) is 20.2. The third-order valence-electron chi connectivity index (χ3n) is 9.32. The fourth-order valence-electron chi connectivity index (χ4n) is 6.63. The van der Waals surface area contributed by atoms with E-state index in [4.69, 9.17) is 0 Å². The molecular formula is C35H41F7N2. The molecule has 44 heavy (non-hydrogen) atoms. The Morgan fingerprint density at radius 3 is 2.14 bits per heavy atom. The van der Waals surface area contributed by atoms with Gasteiger partial charge < -0.3 is 9.80 Å². The Balaban J connectivity index is 1.78. The molecule has 2 atom stereocenters. The van der Waals surface area contributed by atoms with Gasteiger partial charge in [0.15, 0.2) is 0 Å². The van der Waals surface area contributed by atoms with E-state index in [1.54, 1.807) is 24.9 Å². The monoisotopic (exact) mass is 622 g/mol. The molecular weight excluding hydrogens is 581 g/mol. The minimum Gasteiger partial charge on any atom is -0.368 e. The van der Waals surface area contributed by atoms with Crippen LogP contribution in [0.25, 0.3) is 5.57 Å². The second-order valence-electron chi connectivity index (χ2n) is 13.1. The molecule has 2 unspecified atom stereocenters. The Kier molecular flexibility index (Phi) is 9.13. The van der Waals surface area contributed by atoms with Crippen molar-refractivity contribution in [2.24, 2.45) is 5.41 Å². The minimum absolute atomic E-state index is 0.000699. The molecule has 0 spiro atoms. The summed E-state index contributed by atoms with van der Waals surface area (Å²) in [5.41, 5.74) is 3.22. The molecule has 0 aromatic heterocycles. The SMILES string of the molecule is C=C(C)N(C)c1cc(C2=C(CN3C(=C)CC(c4cc(C(F)(F)F)cc(C(F)(F)F)c4)C3C)CC(C)(C)CC2)c(CC)cc1F. The lowest BCUT2D eigenvalue weighted by Crippen LogP contribution is -2.33. The van der Waals surface area contributed by atoms with Gasteiger partial charge in [-0.15, -0.1) is 0 Å². The summed E-state index contributed by atoms with van der Waals surface area (Å²) in [4.78, 5) is 3.73. The molecule has 1 heterocycles. The first-order valence-electron chi connectivity index (χ1n) is 14.9. The van der Waals surface area contributed by atoms with Gasteiger partial charge in [-0.2, -0.15) is 26.3 Å². The number of allylic oxidation sites excluding steroid dienone is 3. The number of hydrogen-bond donors (Lipinski definition) is 0. The van der Waals surface area contributed by atoms with Crippen molar-refractivity contribution in [3.05, 3.63) is 94.1 Å². The summed E-state index contributed by atoms with van der Waals surface area (Å²) in [5, 5.41) is 0. The van der Waals surface area contributed by atoms with Crippen molar-refractivity contribution in [2.75, 3.05) is 18.5 Å². The highest BCUT2D eigenvalue weighted by molar-refractivity contribution is 5.76. The Bertz CT molecular complexity index is 1450. The summed E-state index contributed by atoms with van der Waals surface area (Å²) in [7, 11) is 1.77. The third kappa shape index (κ3) is 6.86. The van der Waals surface area contributed by atoms with Gasteiger partial charge in [0.25, 0.3) is 0 Å². The van der Waals surface area contributed by atoms with Crippen LogP contribution in [-0.4, -0.2) is 24.5 Å². The number of benzene rings is 2. The van der Waals surface area contributed by atoms with E-state index in [2.05, 4.69) is 27.0 Å². The summed E-state index contributed by atoms with van der Waals surface area (Å²) in [5.74, 6) is -0.933. The zero-order chi connectivity index (χ0) is 32.9. The van der Waals surface area contributed by atoms with Crippen LogP contribution in [-0.2, 0) is 18.8 Å². The highest BCUT2D eigenvalue weighted by atomic mass is 19.4. The van der Waals surface area contributed by atoms with E-state index >= 15 is 4.39 Å².